The number of nitrogens with zero attached hydrogens (tertiary/aromatic N) is 1. The fraction of sp³-hybridized carbons (Fsp3) is 0.294. The summed E-state index contributed by atoms with van der Waals surface area (Å²) >= 11 is 0. The molecule has 0 bridgehead atoms. The van der Waals surface area contributed by atoms with Gasteiger partial charge in [0.25, 0.3) is 0 Å². The van der Waals surface area contributed by atoms with Gasteiger partial charge in [0.15, 0.2) is 0 Å². The van der Waals surface area contributed by atoms with Gasteiger partial charge < -0.3 is 10.1 Å². The Kier molecular flexibility index (Phi) is 3.60. The van der Waals surface area contributed by atoms with Crippen LogP contribution in [0.4, 0.5) is 0 Å². The molecule has 2 aromatic rings. The molecule has 0 aliphatic heterocycles. The number of ether oxygens (including phenoxy) is 1. The Morgan fingerprint density at radius 2 is 2.05 bits per heavy atom. The summed E-state index contributed by atoms with van der Waals surface area (Å²) in [5, 5.41) is 3.02. The van der Waals surface area contributed by atoms with Gasteiger partial charge in [-0.1, -0.05) is 18.2 Å². The lowest BCUT2D eigenvalue weighted by atomic mass is 9.95. The van der Waals surface area contributed by atoms with Crippen molar-refractivity contribution in [2.24, 2.45) is 0 Å². The minimum atomic E-state index is -0.353. The molecule has 0 unspecified atom stereocenters. The van der Waals surface area contributed by atoms with Gasteiger partial charge in [-0.05, 0) is 42.2 Å². The zero-order valence-electron chi connectivity index (χ0n) is 12.0. The highest BCUT2D eigenvalue weighted by Gasteiger charge is 2.51. The molecule has 1 aliphatic carbocycles. The van der Waals surface area contributed by atoms with E-state index in [1.165, 1.54) is 0 Å². The van der Waals surface area contributed by atoms with E-state index < -0.39 is 0 Å². The van der Waals surface area contributed by atoms with Crippen LogP contribution in [-0.4, -0.2) is 18.0 Å². The first-order valence-corrected chi connectivity index (χ1v) is 7.06. The van der Waals surface area contributed by atoms with E-state index in [1.807, 2.05) is 36.4 Å². The van der Waals surface area contributed by atoms with Crippen molar-refractivity contribution in [3.8, 4) is 5.75 Å². The van der Waals surface area contributed by atoms with Crippen LogP contribution in [0.1, 0.15) is 24.0 Å². The number of carbonyl (C=O) groups is 1. The number of hydrogen-bond donors (Lipinski definition) is 1. The van der Waals surface area contributed by atoms with Crippen LogP contribution in [0, 0.1) is 0 Å². The molecule has 0 saturated heterocycles. The van der Waals surface area contributed by atoms with Crippen molar-refractivity contribution < 1.29 is 9.53 Å². The van der Waals surface area contributed by atoms with Crippen molar-refractivity contribution in [3.05, 3.63) is 59.9 Å². The van der Waals surface area contributed by atoms with Crippen LogP contribution < -0.4 is 10.1 Å². The Morgan fingerprint density at radius 1 is 1.29 bits per heavy atom. The molecule has 108 valence electrons. The highest BCUT2D eigenvalue weighted by atomic mass is 16.5. The summed E-state index contributed by atoms with van der Waals surface area (Å²) in [6.07, 6.45) is 5.30. The van der Waals surface area contributed by atoms with E-state index in [-0.39, 0.29) is 11.3 Å². The monoisotopic (exact) mass is 282 g/mol. The highest BCUT2D eigenvalue weighted by Crippen LogP contribution is 2.48. The molecule has 0 atom stereocenters. The van der Waals surface area contributed by atoms with Gasteiger partial charge in [-0.15, -0.1) is 0 Å². The zero-order chi connectivity index (χ0) is 14.7. The summed E-state index contributed by atoms with van der Waals surface area (Å²) in [7, 11) is 1.64. The third-order valence-corrected chi connectivity index (χ3v) is 4.00. The van der Waals surface area contributed by atoms with Crippen LogP contribution in [0.2, 0.25) is 0 Å². The Hall–Kier alpha value is -2.36. The summed E-state index contributed by atoms with van der Waals surface area (Å²) < 4.78 is 5.16. The first-order valence-electron chi connectivity index (χ1n) is 7.06. The van der Waals surface area contributed by atoms with E-state index in [0.717, 1.165) is 29.7 Å². The van der Waals surface area contributed by atoms with Crippen molar-refractivity contribution in [2.75, 3.05) is 7.11 Å². The number of hydrogen-bond acceptors (Lipinski definition) is 3. The Labute approximate surface area is 124 Å². The van der Waals surface area contributed by atoms with Gasteiger partial charge in [-0.25, -0.2) is 0 Å². The molecular weight excluding hydrogens is 264 g/mol. The molecule has 1 N–H and O–H groups in total. The molecule has 0 radical (unpaired) electrons. The minimum Gasteiger partial charge on any atom is -0.497 e. The van der Waals surface area contributed by atoms with Crippen LogP contribution in [0.25, 0.3) is 0 Å². The second kappa shape index (κ2) is 5.56. The molecule has 1 aliphatic rings. The van der Waals surface area contributed by atoms with E-state index in [4.69, 9.17) is 4.74 Å². The number of pyridine rings is 1. The first-order chi connectivity index (χ1) is 10.2. The molecule has 4 nitrogen and oxygen atoms in total. The van der Waals surface area contributed by atoms with Crippen molar-refractivity contribution in [2.45, 2.75) is 24.8 Å². The largest absolute Gasteiger partial charge is 0.497 e. The molecule has 1 aromatic heterocycles. The maximum atomic E-state index is 12.5. The Balaban J connectivity index is 1.68. The van der Waals surface area contributed by atoms with Gasteiger partial charge >= 0.3 is 0 Å². The number of benzene rings is 1. The van der Waals surface area contributed by atoms with E-state index in [9.17, 15) is 4.79 Å². The molecular formula is C17H18N2O2. The number of nitrogens with one attached hydrogen (secondary N) is 1. The van der Waals surface area contributed by atoms with Crippen LogP contribution in [0.5, 0.6) is 5.75 Å². The van der Waals surface area contributed by atoms with E-state index >= 15 is 0 Å². The zero-order valence-corrected chi connectivity index (χ0v) is 12.0. The SMILES string of the molecule is COc1ccc(C2(C(=O)NCc3cccnc3)CC2)cc1. The first kappa shape index (κ1) is 13.6. The van der Waals surface area contributed by atoms with Crippen molar-refractivity contribution in [1.29, 1.82) is 0 Å². The summed E-state index contributed by atoms with van der Waals surface area (Å²) in [5.41, 5.74) is 1.72. The summed E-state index contributed by atoms with van der Waals surface area (Å²) in [4.78, 5) is 16.5. The van der Waals surface area contributed by atoms with Gasteiger partial charge in [-0.2, -0.15) is 0 Å². The lowest BCUT2D eigenvalue weighted by Gasteiger charge is -2.16. The molecule has 1 fully saturated rings. The summed E-state index contributed by atoms with van der Waals surface area (Å²) in [5.74, 6) is 0.904. The van der Waals surface area contributed by atoms with Gasteiger partial charge in [0.1, 0.15) is 5.75 Å². The predicted molar refractivity (Wildman–Crippen MR) is 80.0 cm³/mol. The number of carbonyl (C=O) groups excluding carboxylic acids is 1. The smallest absolute Gasteiger partial charge is 0.230 e. The van der Waals surface area contributed by atoms with Gasteiger partial charge in [0.05, 0.1) is 12.5 Å². The van der Waals surface area contributed by atoms with E-state index in [1.54, 1.807) is 19.5 Å². The lowest BCUT2D eigenvalue weighted by Crippen LogP contribution is -2.34. The van der Waals surface area contributed by atoms with E-state index in [2.05, 4.69) is 10.3 Å². The molecule has 1 amide bonds. The molecule has 1 heterocycles. The summed E-state index contributed by atoms with van der Waals surface area (Å²) in [6.45, 7) is 0.518. The maximum absolute atomic E-state index is 12.5. The maximum Gasteiger partial charge on any atom is 0.230 e. The average Bonchev–Trinajstić information content (AvgIpc) is 3.35. The number of rotatable bonds is 5. The normalized spacial score (nSPS) is 15.3. The third-order valence-electron chi connectivity index (χ3n) is 4.00. The van der Waals surface area contributed by atoms with Crippen molar-refractivity contribution in [3.63, 3.8) is 0 Å². The third kappa shape index (κ3) is 2.75. The second-order valence-electron chi connectivity index (χ2n) is 5.35. The number of amides is 1. The van der Waals surface area contributed by atoms with Crippen molar-refractivity contribution >= 4 is 5.91 Å². The molecule has 4 heteroatoms. The molecule has 3 rings (SSSR count). The topological polar surface area (TPSA) is 51.2 Å². The standard InChI is InChI=1S/C17H18N2O2/c1-21-15-6-4-14(5-7-15)17(8-9-17)16(20)19-12-13-3-2-10-18-11-13/h2-7,10-11H,8-9,12H2,1H3,(H,19,20). The van der Waals surface area contributed by atoms with Crippen molar-refractivity contribution in [1.82, 2.24) is 10.3 Å². The quantitative estimate of drug-likeness (QED) is 0.916. The molecule has 0 spiro atoms. The number of aromatic nitrogens is 1. The lowest BCUT2D eigenvalue weighted by molar-refractivity contribution is -0.123. The van der Waals surface area contributed by atoms with Crippen LogP contribution in [0.3, 0.4) is 0 Å². The predicted octanol–water partition coefficient (Wildman–Crippen LogP) is 2.44. The van der Waals surface area contributed by atoms with Crippen LogP contribution in [-0.2, 0) is 16.8 Å². The van der Waals surface area contributed by atoms with Gasteiger partial charge in [0.2, 0.25) is 5.91 Å². The number of methoxy groups -OCH3 is 1. The Bertz CT molecular complexity index is 619. The van der Waals surface area contributed by atoms with Crippen LogP contribution >= 0.6 is 0 Å². The Morgan fingerprint density at radius 3 is 2.62 bits per heavy atom. The summed E-state index contributed by atoms with van der Waals surface area (Å²) in [6, 6.07) is 11.6. The van der Waals surface area contributed by atoms with E-state index in [0.29, 0.717) is 6.54 Å². The average molecular weight is 282 g/mol. The molecule has 1 saturated carbocycles. The fourth-order valence-electron chi connectivity index (χ4n) is 2.54. The molecule has 21 heavy (non-hydrogen) atoms. The fourth-order valence-corrected chi connectivity index (χ4v) is 2.54. The highest BCUT2D eigenvalue weighted by molar-refractivity contribution is 5.91. The molecule has 1 aromatic carbocycles. The van der Waals surface area contributed by atoms with Gasteiger partial charge in [-0.3, -0.25) is 9.78 Å². The minimum absolute atomic E-state index is 0.0940. The van der Waals surface area contributed by atoms with Crippen LogP contribution in [0.15, 0.2) is 48.8 Å². The second-order valence-corrected chi connectivity index (χ2v) is 5.35. The van der Waals surface area contributed by atoms with Gasteiger partial charge in [0, 0.05) is 18.9 Å².